The lowest BCUT2D eigenvalue weighted by molar-refractivity contribution is 0.261. The molecule has 0 saturated carbocycles. The molecule has 68 valence electrons. The second kappa shape index (κ2) is 3.85. The van der Waals surface area contributed by atoms with Crippen LogP contribution < -0.4 is 4.74 Å². The van der Waals surface area contributed by atoms with Crippen LogP contribution in [0, 0.1) is 23.0 Å². The van der Waals surface area contributed by atoms with E-state index in [4.69, 9.17) is 10.00 Å². The van der Waals surface area contributed by atoms with E-state index >= 15 is 0 Å². The highest BCUT2D eigenvalue weighted by atomic mass is 19.1. The van der Waals surface area contributed by atoms with E-state index in [1.54, 1.807) is 6.07 Å². The molecule has 1 aromatic carbocycles. The summed E-state index contributed by atoms with van der Waals surface area (Å²) in [4.78, 5) is 0. The number of hydrogen-bond donors (Lipinski definition) is 0. The number of rotatable bonds is 2. The molecule has 0 radical (unpaired) electrons. The van der Waals surface area contributed by atoms with Gasteiger partial charge in [0.15, 0.2) is 17.7 Å². The fourth-order valence-corrected chi connectivity index (χ4v) is 0.784. The molecule has 13 heavy (non-hydrogen) atoms. The Morgan fingerprint density at radius 2 is 2.15 bits per heavy atom. The zero-order valence-electron chi connectivity index (χ0n) is 6.92. The van der Waals surface area contributed by atoms with Gasteiger partial charge in [0.1, 0.15) is 11.9 Å². The predicted molar refractivity (Wildman–Crippen MR) is 42.1 cm³/mol. The summed E-state index contributed by atoms with van der Waals surface area (Å²) in [6.07, 6.45) is -0.795. The van der Waals surface area contributed by atoms with Crippen molar-refractivity contribution in [3.63, 3.8) is 0 Å². The Balaban J connectivity index is 2.88. The second-order valence-corrected chi connectivity index (χ2v) is 2.46. The summed E-state index contributed by atoms with van der Waals surface area (Å²) in [5.74, 6) is -1.51. The van der Waals surface area contributed by atoms with Gasteiger partial charge in [-0.3, -0.25) is 0 Å². The lowest BCUT2D eigenvalue weighted by Gasteiger charge is -2.07. The van der Waals surface area contributed by atoms with Gasteiger partial charge in [-0.15, -0.1) is 0 Å². The van der Waals surface area contributed by atoms with E-state index in [2.05, 4.69) is 0 Å². The van der Waals surface area contributed by atoms with Crippen molar-refractivity contribution in [3.05, 3.63) is 29.8 Å². The van der Waals surface area contributed by atoms with Crippen molar-refractivity contribution < 1.29 is 13.5 Å². The molecular weight excluding hydrogens is 176 g/mol. The minimum Gasteiger partial charge on any atom is -0.473 e. The van der Waals surface area contributed by atoms with Crippen LogP contribution in [0.3, 0.4) is 0 Å². The third kappa shape index (κ3) is 2.41. The molecule has 0 heterocycles. The van der Waals surface area contributed by atoms with Gasteiger partial charge in [0.05, 0.1) is 0 Å². The highest BCUT2D eigenvalue weighted by Gasteiger charge is 2.08. The van der Waals surface area contributed by atoms with Crippen molar-refractivity contribution in [2.24, 2.45) is 0 Å². The first-order valence-electron chi connectivity index (χ1n) is 3.65. The summed E-state index contributed by atoms with van der Waals surface area (Å²) in [5.41, 5.74) is 0. The number of hydrogen-bond acceptors (Lipinski definition) is 2. The molecule has 0 aromatic heterocycles. The van der Waals surface area contributed by atoms with Gasteiger partial charge >= 0.3 is 0 Å². The van der Waals surface area contributed by atoms with Crippen LogP contribution in [0.25, 0.3) is 0 Å². The van der Waals surface area contributed by atoms with Crippen LogP contribution in [0.15, 0.2) is 18.2 Å². The van der Waals surface area contributed by atoms with Crippen molar-refractivity contribution in [2.45, 2.75) is 13.0 Å². The molecule has 4 heteroatoms. The van der Waals surface area contributed by atoms with E-state index < -0.39 is 17.7 Å². The standard InChI is InChI=1S/C9H7F2NO/c1-6(5-12)13-9-4-7(10)2-3-8(9)11/h2-4,6H,1H3. The molecular formula is C9H7F2NO. The summed E-state index contributed by atoms with van der Waals surface area (Å²) >= 11 is 0. The van der Waals surface area contributed by atoms with Crippen molar-refractivity contribution in [1.29, 1.82) is 5.26 Å². The number of ether oxygens (including phenoxy) is 1. The SMILES string of the molecule is CC(C#N)Oc1cc(F)ccc1F. The van der Waals surface area contributed by atoms with Crippen molar-refractivity contribution in [1.82, 2.24) is 0 Å². The molecule has 1 aromatic rings. The van der Waals surface area contributed by atoms with Crippen molar-refractivity contribution in [2.75, 3.05) is 0 Å². The quantitative estimate of drug-likeness (QED) is 0.704. The Bertz CT molecular complexity index is 346. The second-order valence-electron chi connectivity index (χ2n) is 2.46. The Hall–Kier alpha value is -1.63. The summed E-state index contributed by atoms with van der Waals surface area (Å²) in [6, 6.07) is 4.59. The van der Waals surface area contributed by atoms with Gasteiger partial charge in [0.2, 0.25) is 0 Å². The summed E-state index contributed by atoms with van der Waals surface area (Å²) in [5, 5.41) is 8.37. The average Bonchev–Trinajstić information content (AvgIpc) is 2.11. The largest absolute Gasteiger partial charge is 0.473 e. The maximum atomic E-state index is 12.9. The van der Waals surface area contributed by atoms with Gasteiger partial charge in [-0.05, 0) is 19.1 Å². The molecule has 0 amide bonds. The fraction of sp³-hybridized carbons (Fsp3) is 0.222. The first kappa shape index (κ1) is 9.46. The highest BCUT2D eigenvalue weighted by molar-refractivity contribution is 5.25. The Kier molecular flexibility index (Phi) is 2.80. The summed E-state index contributed by atoms with van der Waals surface area (Å²) in [7, 11) is 0. The molecule has 2 nitrogen and oxygen atoms in total. The van der Waals surface area contributed by atoms with Gasteiger partial charge in [-0.25, -0.2) is 8.78 Å². The maximum Gasteiger partial charge on any atom is 0.181 e. The van der Waals surface area contributed by atoms with E-state index in [1.165, 1.54) is 6.92 Å². The van der Waals surface area contributed by atoms with E-state index in [0.717, 1.165) is 18.2 Å². The lowest BCUT2D eigenvalue weighted by Crippen LogP contribution is -2.09. The molecule has 0 aliphatic rings. The Morgan fingerprint density at radius 1 is 1.46 bits per heavy atom. The van der Waals surface area contributed by atoms with E-state index in [1.807, 2.05) is 0 Å². The fourth-order valence-electron chi connectivity index (χ4n) is 0.784. The van der Waals surface area contributed by atoms with Gasteiger partial charge in [0, 0.05) is 6.07 Å². The molecule has 0 bridgehead atoms. The smallest absolute Gasteiger partial charge is 0.181 e. The van der Waals surface area contributed by atoms with Crippen molar-refractivity contribution in [3.8, 4) is 11.8 Å². The minimum absolute atomic E-state index is 0.242. The van der Waals surface area contributed by atoms with E-state index in [0.29, 0.717) is 0 Å². The van der Waals surface area contributed by atoms with Crippen LogP contribution >= 0.6 is 0 Å². The predicted octanol–water partition coefficient (Wildman–Crippen LogP) is 2.26. The van der Waals surface area contributed by atoms with Crippen molar-refractivity contribution >= 4 is 0 Å². The van der Waals surface area contributed by atoms with Crippen LogP contribution in [-0.2, 0) is 0 Å². The normalized spacial score (nSPS) is 11.8. The third-order valence-electron chi connectivity index (χ3n) is 1.38. The number of nitrogens with zero attached hydrogens (tertiary/aromatic N) is 1. The number of nitriles is 1. The van der Waals surface area contributed by atoms with Gasteiger partial charge in [-0.2, -0.15) is 5.26 Å². The van der Waals surface area contributed by atoms with Crippen LogP contribution in [0.1, 0.15) is 6.92 Å². The maximum absolute atomic E-state index is 12.9. The monoisotopic (exact) mass is 183 g/mol. The zero-order chi connectivity index (χ0) is 9.84. The summed E-state index contributed by atoms with van der Waals surface area (Å²) < 4.78 is 30.2. The van der Waals surface area contributed by atoms with Crippen LogP contribution in [0.5, 0.6) is 5.75 Å². The number of benzene rings is 1. The van der Waals surface area contributed by atoms with Crippen LogP contribution in [0.2, 0.25) is 0 Å². The molecule has 0 N–H and O–H groups in total. The molecule has 1 unspecified atom stereocenters. The topological polar surface area (TPSA) is 33.0 Å². The number of halogens is 2. The first-order chi connectivity index (χ1) is 6.13. The highest BCUT2D eigenvalue weighted by Crippen LogP contribution is 2.18. The molecule has 1 rings (SSSR count). The molecule has 0 fully saturated rings. The molecule has 0 saturated heterocycles. The van der Waals surface area contributed by atoms with Crippen LogP contribution in [0.4, 0.5) is 8.78 Å². The summed E-state index contributed by atoms with van der Waals surface area (Å²) in [6.45, 7) is 1.45. The molecule has 0 aliphatic heterocycles. The average molecular weight is 183 g/mol. The zero-order valence-corrected chi connectivity index (χ0v) is 6.92. The van der Waals surface area contributed by atoms with Gasteiger partial charge in [0.25, 0.3) is 0 Å². The lowest BCUT2D eigenvalue weighted by atomic mass is 10.3. The van der Waals surface area contributed by atoms with E-state index in [9.17, 15) is 8.78 Å². The first-order valence-corrected chi connectivity index (χ1v) is 3.65. The Labute approximate surface area is 74.4 Å². The van der Waals surface area contributed by atoms with Gasteiger partial charge < -0.3 is 4.74 Å². The van der Waals surface area contributed by atoms with Crippen LogP contribution in [-0.4, -0.2) is 6.10 Å². The molecule has 1 atom stereocenters. The minimum atomic E-state index is -0.795. The molecule has 0 aliphatic carbocycles. The third-order valence-corrected chi connectivity index (χ3v) is 1.38. The Morgan fingerprint density at radius 3 is 2.77 bits per heavy atom. The van der Waals surface area contributed by atoms with E-state index in [-0.39, 0.29) is 5.75 Å². The molecule has 0 spiro atoms. The van der Waals surface area contributed by atoms with Gasteiger partial charge in [-0.1, -0.05) is 0 Å².